The van der Waals surface area contributed by atoms with Crippen LogP contribution in [-0.2, 0) is 25.7 Å². The molecule has 3 aromatic rings. The van der Waals surface area contributed by atoms with Gasteiger partial charge in [-0.1, -0.05) is 96.5 Å². The third-order valence-electron chi connectivity index (χ3n) is 10.0. The Balaban J connectivity index is 1.48. The van der Waals surface area contributed by atoms with E-state index >= 15 is 4.79 Å². The molecule has 3 aliphatic rings. The van der Waals surface area contributed by atoms with Gasteiger partial charge in [0, 0.05) is 19.6 Å². The van der Waals surface area contributed by atoms with Gasteiger partial charge >= 0.3 is 0 Å². The molecule has 0 saturated carbocycles. The maximum absolute atomic E-state index is 15.0. The van der Waals surface area contributed by atoms with Crippen molar-refractivity contribution in [2.24, 2.45) is 11.8 Å². The Bertz CT molecular complexity index is 1670. The van der Waals surface area contributed by atoms with Gasteiger partial charge in [0.15, 0.2) is 0 Å². The van der Waals surface area contributed by atoms with Crippen LogP contribution in [0.3, 0.4) is 0 Å². The fourth-order valence-corrected chi connectivity index (χ4v) is 8.27. The van der Waals surface area contributed by atoms with E-state index in [2.05, 4.69) is 13.2 Å². The maximum Gasteiger partial charge on any atom is 0.253 e. The van der Waals surface area contributed by atoms with Gasteiger partial charge < -0.3 is 24.5 Å². The van der Waals surface area contributed by atoms with Crippen molar-refractivity contribution in [3.8, 4) is 0 Å². The van der Waals surface area contributed by atoms with Gasteiger partial charge in [-0.25, -0.2) is 0 Å². The highest BCUT2D eigenvalue weighted by atomic mass is 35.5. The van der Waals surface area contributed by atoms with Crippen molar-refractivity contribution in [1.29, 1.82) is 0 Å². The number of anilines is 1. The molecule has 8 nitrogen and oxygen atoms in total. The highest BCUT2D eigenvalue weighted by Gasteiger charge is 2.79. The standard InChI is InChI=1S/C38H40ClN3O5/c1-4-22-40(24-26-14-8-6-9-15-26)34(44)31-32-35(45)42(30(25-43)27-16-10-7-11-17-27)33(38(32)21-20-37(31,3)47-38)36(46)41(23-5-2)29-19-13-12-18-28(29)39/h4-19,30-33,43H,1-2,20-25H2,3H3/t30-,31-,32+,33?,37+,38?/m1/s1. The van der Waals surface area contributed by atoms with E-state index in [9.17, 15) is 14.7 Å². The Morgan fingerprint density at radius 3 is 2.26 bits per heavy atom. The first-order valence-corrected chi connectivity index (χ1v) is 16.4. The van der Waals surface area contributed by atoms with E-state index in [1.165, 1.54) is 9.80 Å². The Morgan fingerprint density at radius 2 is 1.62 bits per heavy atom. The number of amides is 3. The van der Waals surface area contributed by atoms with Gasteiger partial charge in [-0.15, -0.1) is 13.2 Å². The molecule has 6 atom stereocenters. The first-order chi connectivity index (χ1) is 22.7. The number of fused-ring (bicyclic) bond motifs is 1. The van der Waals surface area contributed by atoms with Crippen LogP contribution in [0.1, 0.15) is 36.9 Å². The van der Waals surface area contributed by atoms with Crippen molar-refractivity contribution in [2.75, 3.05) is 24.6 Å². The molecule has 3 amide bonds. The van der Waals surface area contributed by atoms with Gasteiger partial charge in [-0.05, 0) is 43.0 Å². The highest BCUT2D eigenvalue weighted by molar-refractivity contribution is 6.34. The summed E-state index contributed by atoms with van der Waals surface area (Å²) in [6.45, 7) is 9.96. The minimum atomic E-state index is -1.31. The maximum atomic E-state index is 15.0. The van der Waals surface area contributed by atoms with Crippen LogP contribution < -0.4 is 4.90 Å². The molecule has 2 unspecified atom stereocenters. The summed E-state index contributed by atoms with van der Waals surface area (Å²) in [5.74, 6) is -2.81. The second-order valence-corrected chi connectivity index (χ2v) is 13.2. The monoisotopic (exact) mass is 653 g/mol. The van der Waals surface area contributed by atoms with Gasteiger partial charge in [0.25, 0.3) is 5.91 Å². The first-order valence-electron chi connectivity index (χ1n) is 16.0. The van der Waals surface area contributed by atoms with Crippen molar-refractivity contribution in [3.63, 3.8) is 0 Å². The van der Waals surface area contributed by atoms with Gasteiger partial charge in [0.2, 0.25) is 11.8 Å². The fraction of sp³-hybridized carbons (Fsp3) is 0.342. The molecule has 0 aromatic heterocycles. The summed E-state index contributed by atoms with van der Waals surface area (Å²) in [5, 5.41) is 11.2. The second kappa shape index (κ2) is 13.1. The molecule has 47 heavy (non-hydrogen) atoms. The van der Waals surface area contributed by atoms with E-state index in [0.717, 1.165) is 5.56 Å². The van der Waals surface area contributed by atoms with Crippen molar-refractivity contribution >= 4 is 35.0 Å². The van der Waals surface area contributed by atoms with E-state index in [-0.39, 0.29) is 24.9 Å². The number of aliphatic hydroxyl groups is 1. The van der Waals surface area contributed by atoms with E-state index < -0.39 is 47.6 Å². The number of likely N-dealkylation sites (tertiary alicyclic amines) is 1. The lowest BCUT2D eigenvalue weighted by Gasteiger charge is -2.39. The lowest BCUT2D eigenvalue weighted by molar-refractivity contribution is -0.152. The number of para-hydroxylation sites is 1. The number of carbonyl (C=O) groups is 3. The van der Waals surface area contributed by atoms with Crippen LogP contribution in [0.25, 0.3) is 0 Å². The number of rotatable bonds is 12. The summed E-state index contributed by atoms with van der Waals surface area (Å²) in [4.78, 5) is 49.4. The highest BCUT2D eigenvalue weighted by Crippen LogP contribution is 2.64. The van der Waals surface area contributed by atoms with Crippen LogP contribution in [0.15, 0.2) is 110 Å². The van der Waals surface area contributed by atoms with E-state index in [4.69, 9.17) is 16.3 Å². The molecule has 2 bridgehead atoms. The third-order valence-corrected chi connectivity index (χ3v) is 10.3. The molecule has 1 spiro atoms. The van der Waals surface area contributed by atoms with Crippen molar-refractivity contribution in [3.05, 3.63) is 126 Å². The van der Waals surface area contributed by atoms with E-state index in [1.807, 2.05) is 67.6 Å². The quantitative estimate of drug-likeness (QED) is 0.258. The lowest BCUT2D eigenvalue weighted by atomic mass is 9.66. The molecule has 3 aliphatic heterocycles. The minimum Gasteiger partial charge on any atom is -0.394 e. The molecule has 3 saturated heterocycles. The summed E-state index contributed by atoms with van der Waals surface area (Å²) in [7, 11) is 0. The van der Waals surface area contributed by atoms with Crippen LogP contribution in [0, 0.1) is 11.8 Å². The Labute approximate surface area is 280 Å². The zero-order valence-corrected chi connectivity index (χ0v) is 27.3. The molecule has 3 heterocycles. The number of hydrogen-bond acceptors (Lipinski definition) is 5. The topological polar surface area (TPSA) is 90.4 Å². The molecule has 3 aromatic carbocycles. The molecule has 3 fully saturated rings. The number of halogens is 1. The number of ether oxygens (including phenoxy) is 1. The number of carbonyl (C=O) groups excluding carboxylic acids is 3. The lowest BCUT2D eigenvalue weighted by Crippen LogP contribution is -2.57. The van der Waals surface area contributed by atoms with Crippen molar-refractivity contribution in [2.45, 2.75) is 49.6 Å². The summed E-state index contributed by atoms with van der Waals surface area (Å²) in [5.41, 5.74) is -0.195. The molecule has 244 valence electrons. The minimum absolute atomic E-state index is 0.126. The molecular weight excluding hydrogens is 614 g/mol. The predicted octanol–water partition coefficient (Wildman–Crippen LogP) is 5.57. The number of hydrogen-bond donors (Lipinski definition) is 1. The van der Waals surface area contributed by atoms with E-state index in [0.29, 0.717) is 35.7 Å². The Hall–Kier alpha value is -4.24. The van der Waals surface area contributed by atoms with E-state index in [1.54, 1.807) is 41.3 Å². The van der Waals surface area contributed by atoms with Crippen molar-refractivity contribution in [1.82, 2.24) is 9.80 Å². The Morgan fingerprint density at radius 1 is 0.979 bits per heavy atom. The summed E-state index contributed by atoms with van der Waals surface area (Å²) < 4.78 is 6.92. The number of nitrogens with zero attached hydrogens (tertiary/aromatic N) is 3. The summed E-state index contributed by atoms with van der Waals surface area (Å²) >= 11 is 6.62. The van der Waals surface area contributed by atoms with Gasteiger partial charge in [0.05, 0.1) is 40.8 Å². The molecule has 9 heteroatoms. The zero-order valence-electron chi connectivity index (χ0n) is 26.5. The molecule has 1 N–H and O–H groups in total. The van der Waals surface area contributed by atoms with Crippen LogP contribution >= 0.6 is 11.6 Å². The average Bonchev–Trinajstić information content (AvgIpc) is 3.65. The normalized spacial score (nSPS) is 26.5. The SMILES string of the molecule is C=CCN(Cc1ccccc1)C(=O)[C@H]1[C@H]2C(=O)N([C@H](CO)c3ccccc3)C(C(=O)N(CC=C)c3ccccc3Cl)C23CC[C@]1(C)O3. The van der Waals surface area contributed by atoms with Crippen LogP contribution in [0.5, 0.6) is 0 Å². The van der Waals surface area contributed by atoms with Crippen LogP contribution in [-0.4, -0.2) is 69.6 Å². The number of benzene rings is 3. The van der Waals surface area contributed by atoms with Crippen LogP contribution in [0.4, 0.5) is 5.69 Å². The largest absolute Gasteiger partial charge is 0.394 e. The molecule has 0 aliphatic carbocycles. The fourth-order valence-electron chi connectivity index (χ4n) is 8.03. The molecule has 6 rings (SSSR count). The third kappa shape index (κ3) is 5.48. The zero-order chi connectivity index (χ0) is 33.3. The predicted molar refractivity (Wildman–Crippen MR) is 181 cm³/mol. The molecular formula is C38H40ClN3O5. The average molecular weight is 654 g/mol. The summed E-state index contributed by atoms with van der Waals surface area (Å²) in [6.07, 6.45) is 4.17. The van der Waals surface area contributed by atoms with Crippen molar-refractivity contribution < 1.29 is 24.2 Å². The summed E-state index contributed by atoms with van der Waals surface area (Å²) in [6, 6.07) is 23.8. The van der Waals surface area contributed by atoms with Crippen LogP contribution in [0.2, 0.25) is 5.02 Å². The van der Waals surface area contributed by atoms with Gasteiger partial charge in [-0.3, -0.25) is 14.4 Å². The number of aliphatic hydroxyl groups excluding tert-OH is 1. The first kappa shape index (κ1) is 32.7. The van der Waals surface area contributed by atoms with Gasteiger partial charge in [-0.2, -0.15) is 0 Å². The Kier molecular flexibility index (Phi) is 9.12. The molecule has 0 radical (unpaired) electrons. The van der Waals surface area contributed by atoms with Gasteiger partial charge in [0.1, 0.15) is 11.6 Å². The smallest absolute Gasteiger partial charge is 0.253 e. The second-order valence-electron chi connectivity index (χ2n) is 12.8.